The third kappa shape index (κ3) is 6.27. The molecule has 0 fully saturated rings. The van der Waals surface area contributed by atoms with E-state index in [0.29, 0.717) is 26.4 Å². The smallest absolute Gasteiger partial charge is 0.0698 e. The van der Waals surface area contributed by atoms with E-state index in [2.05, 4.69) is 36.4 Å². The van der Waals surface area contributed by atoms with Gasteiger partial charge in [-0.05, 0) is 22.9 Å². The average Bonchev–Trinajstić information content (AvgIpc) is 2.61. The predicted octanol–water partition coefficient (Wildman–Crippen LogP) is 3.04. The van der Waals surface area contributed by atoms with Crippen molar-refractivity contribution in [3.8, 4) is 0 Å². The van der Waals surface area contributed by atoms with E-state index >= 15 is 0 Å². The number of aliphatic hydroxyl groups excluding tert-OH is 2. The molecule has 0 aromatic heterocycles. The SMILES string of the molecule is OCCOCCSc1cccc2c(SCCOCCO)cccc12. The number of rotatable bonds is 12. The van der Waals surface area contributed by atoms with Crippen molar-refractivity contribution in [3.63, 3.8) is 0 Å². The first-order valence-corrected chi connectivity index (χ1v) is 9.98. The van der Waals surface area contributed by atoms with Gasteiger partial charge in [0.1, 0.15) is 0 Å². The zero-order valence-corrected chi connectivity index (χ0v) is 15.3. The maximum Gasteiger partial charge on any atom is 0.0698 e. The second kappa shape index (κ2) is 11.7. The Balaban J connectivity index is 1.97. The van der Waals surface area contributed by atoms with Gasteiger partial charge in [-0.25, -0.2) is 0 Å². The molecular formula is C18H24O4S2. The van der Waals surface area contributed by atoms with Crippen LogP contribution in [-0.2, 0) is 9.47 Å². The molecule has 2 rings (SSSR count). The van der Waals surface area contributed by atoms with Crippen molar-refractivity contribution in [2.75, 3.05) is 51.1 Å². The van der Waals surface area contributed by atoms with E-state index in [1.807, 2.05) is 0 Å². The maximum atomic E-state index is 8.72. The third-order valence-electron chi connectivity index (χ3n) is 3.28. The Morgan fingerprint density at radius 1 is 0.667 bits per heavy atom. The molecule has 0 aliphatic rings. The van der Waals surface area contributed by atoms with Crippen molar-refractivity contribution in [2.24, 2.45) is 0 Å². The summed E-state index contributed by atoms with van der Waals surface area (Å²) >= 11 is 3.55. The van der Waals surface area contributed by atoms with Crippen LogP contribution in [0.2, 0.25) is 0 Å². The number of benzene rings is 2. The summed E-state index contributed by atoms with van der Waals surface area (Å²) < 4.78 is 10.6. The summed E-state index contributed by atoms with van der Waals surface area (Å²) in [6, 6.07) is 12.8. The summed E-state index contributed by atoms with van der Waals surface area (Å²) in [5, 5.41) is 19.9. The summed E-state index contributed by atoms with van der Waals surface area (Å²) in [5.41, 5.74) is 0. The van der Waals surface area contributed by atoms with Gasteiger partial charge in [-0.1, -0.05) is 24.3 Å². The lowest BCUT2D eigenvalue weighted by atomic mass is 10.1. The van der Waals surface area contributed by atoms with E-state index in [0.717, 1.165) is 11.5 Å². The highest BCUT2D eigenvalue weighted by Gasteiger charge is 2.06. The van der Waals surface area contributed by atoms with Crippen molar-refractivity contribution >= 4 is 34.3 Å². The quantitative estimate of drug-likeness (QED) is 0.444. The molecule has 0 heterocycles. The van der Waals surface area contributed by atoms with Gasteiger partial charge >= 0.3 is 0 Å². The molecule has 4 nitrogen and oxygen atoms in total. The van der Waals surface area contributed by atoms with Gasteiger partial charge < -0.3 is 19.7 Å². The minimum absolute atomic E-state index is 0.0710. The van der Waals surface area contributed by atoms with Crippen LogP contribution in [0.1, 0.15) is 0 Å². The molecule has 2 aromatic rings. The molecule has 6 heteroatoms. The summed E-state index contributed by atoms with van der Waals surface area (Å²) in [7, 11) is 0. The van der Waals surface area contributed by atoms with Crippen molar-refractivity contribution in [1.29, 1.82) is 0 Å². The van der Waals surface area contributed by atoms with Crippen molar-refractivity contribution in [1.82, 2.24) is 0 Å². The zero-order valence-electron chi connectivity index (χ0n) is 13.6. The minimum Gasteiger partial charge on any atom is -0.394 e. The van der Waals surface area contributed by atoms with Gasteiger partial charge in [-0.2, -0.15) is 0 Å². The molecule has 0 atom stereocenters. The molecule has 24 heavy (non-hydrogen) atoms. The molecule has 0 amide bonds. The normalized spacial score (nSPS) is 11.2. The first kappa shape index (κ1) is 19.6. The van der Waals surface area contributed by atoms with Crippen LogP contribution in [0.4, 0.5) is 0 Å². The maximum absolute atomic E-state index is 8.72. The number of thioether (sulfide) groups is 2. The van der Waals surface area contributed by atoms with Crippen LogP contribution < -0.4 is 0 Å². The Morgan fingerprint density at radius 3 is 1.54 bits per heavy atom. The number of ether oxygens (including phenoxy) is 2. The highest BCUT2D eigenvalue weighted by atomic mass is 32.2. The number of hydrogen-bond donors (Lipinski definition) is 2. The van der Waals surface area contributed by atoms with Gasteiger partial charge in [0.2, 0.25) is 0 Å². The molecule has 0 saturated carbocycles. The van der Waals surface area contributed by atoms with Crippen molar-refractivity contribution < 1.29 is 19.7 Å². The first-order valence-electron chi connectivity index (χ1n) is 8.01. The highest BCUT2D eigenvalue weighted by Crippen LogP contribution is 2.33. The van der Waals surface area contributed by atoms with Gasteiger partial charge in [0.15, 0.2) is 0 Å². The van der Waals surface area contributed by atoms with E-state index in [1.54, 1.807) is 23.5 Å². The fourth-order valence-corrected chi connectivity index (χ4v) is 4.12. The standard InChI is InChI=1S/C18H24O4S2/c19-7-9-21-11-13-23-17-5-1-3-15-16(17)4-2-6-18(15)24-14-12-22-10-8-20/h1-6,19-20H,7-14H2. The molecule has 2 aromatic carbocycles. The molecule has 0 spiro atoms. The zero-order chi connectivity index (χ0) is 17.0. The van der Waals surface area contributed by atoms with E-state index < -0.39 is 0 Å². The molecule has 0 aliphatic heterocycles. The molecule has 132 valence electrons. The van der Waals surface area contributed by atoms with Crippen LogP contribution in [-0.4, -0.2) is 61.4 Å². The van der Waals surface area contributed by atoms with Crippen molar-refractivity contribution in [2.45, 2.75) is 9.79 Å². The Morgan fingerprint density at radius 2 is 1.12 bits per heavy atom. The fourth-order valence-electron chi connectivity index (χ4n) is 2.26. The monoisotopic (exact) mass is 368 g/mol. The number of aliphatic hydroxyl groups is 2. The second-order valence-electron chi connectivity index (χ2n) is 4.98. The summed E-state index contributed by atoms with van der Waals surface area (Å²) in [5.74, 6) is 1.73. The Labute approximate surface area is 151 Å². The number of fused-ring (bicyclic) bond motifs is 1. The molecule has 0 bridgehead atoms. The Hall–Kier alpha value is -0.760. The van der Waals surface area contributed by atoms with Gasteiger partial charge in [0, 0.05) is 21.3 Å². The molecule has 0 saturated heterocycles. The van der Waals surface area contributed by atoms with E-state index in [-0.39, 0.29) is 13.2 Å². The lowest BCUT2D eigenvalue weighted by molar-refractivity contribution is 0.103. The Kier molecular flexibility index (Phi) is 9.57. The second-order valence-corrected chi connectivity index (χ2v) is 7.25. The molecular weight excluding hydrogens is 344 g/mol. The molecule has 0 aliphatic carbocycles. The van der Waals surface area contributed by atoms with Crippen LogP contribution >= 0.6 is 23.5 Å². The summed E-state index contributed by atoms with van der Waals surface area (Å²) in [6.45, 7) is 2.21. The molecule has 0 unspecified atom stereocenters. The summed E-state index contributed by atoms with van der Waals surface area (Å²) in [4.78, 5) is 2.50. The van der Waals surface area contributed by atoms with E-state index in [9.17, 15) is 0 Å². The van der Waals surface area contributed by atoms with Crippen LogP contribution in [0.15, 0.2) is 46.2 Å². The highest BCUT2D eigenvalue weighted by molar-refractivity contribution is 8.00. The van der Waals surface area contributed by atoms with Crippen LogP contribution in [0.25, 0.3) is 10.8 Å². The van der Waals surface area contributed by atoms with Crippen LogP contribution in [0, 0.1) is 0 Å². The lowest BCUT2D eigenvalue weighted by Gasteiger charge is -2.10. The van der Waals surface area contributed by atoms with E-state index in [4.69, 9.17) is 19.7 Å². The minimum atomic E-state index is 0.0710. The lowest BCUT2D eigenvalue weighted by Crippen LogP contribution is -2.02. The average molecular weight is 369 g/mol. The third-order valence-corrected chi connectivity index (χ3v) is 5.36. The van der Waals surface area contributed by atoms with Gasteiger partial charge in [0.05, 0.1) is 39.6 Å². The molecule has 2 N–H and O–H groups in total. The fraction of sp³-hybridized carbons (Fsp3) is 0.444. The predicted molar refractivity (Wildman–Crippen MR) is 101 cm³/mol. The Bertz CT molecular complexity index is 553. The topological polar surface area (TPSA) is 58.9 Å². The van der Waals surface area contributed by atoms with E-state index in [1.165, 1.54) is 20.6 Å². The number of hydrogen-bond acceptors (Lipinski definition) is 6. The van der Waals surface area contributed by atoms with Gasteiger partial charge in [-0.3, -0.25) is 0 Å². The van der Waals surface area contributed by atoms with Crippen molar-refractivity contribution in [3.05, 3.63) is 36.4 Å². The first-order chi connectivity index (χ1) is 11.9. The molecule has 0 radical (unpaired) electrons. The summed E-state index contributed by atoms with van der Waals surface area (Å²) in [6.07, 6.45) is 0. The van der Waals surface area contributed by atoms with Gasteiger partial charge in [-0.15, -0.1) is 23.5 Å². The largest absolute Gasteiger partial charge is 0.394 e. The van der Waals surface area contributed by atoms with Crippen LogP contribution in [0.3, 0.4) is 0 Å². The van der Waals surface area contributed by atoms with Gasteiger partial charge in [0.25, 0.3) is 0 Å². The van der Waals surface area contributed by atoms with Crippen LogP contribution in [0.5, 0.6) is 0 Å².